The molecule has 0 aromatic rings. The van der Waals surface area contributed by atoms with Gasteiger partial charge < -0.3 is 4.90 Å². The third kappa shape index (κ3) is 2.31. The highest BCUT2D eigenvalue weighted by Gasteiger charge is 1.97. The summed E-state index contributed by atoms with van der Waals surface area (Å²) < 4.78 is 12.7. The summed E-state index contributed by atoms with van der Waals surface area (Å²) in [5.41, 5.74) is 0.569. The minimum Gasteiger partial charge on any atom is -0.354 e. The number of hydrogen-bond acceptors (Lipinski definition) is 1. The molecule has 0 atom stereocenters. The highest BCUT2D eigenvalue weighted by atomic mass is 19.1. The second-order valence-electron chi connectivity index (χ2n) is 2.07. The molecule has 0 aromatic carbocycles. The van der Waals surface area contributed by atoms with Gasteiger partial charge in [-0.25, -0.2) is 0 Å². The van der Waals surface area contributed by atoms with E-state index in [1.54, 1.807) is 21.0 Å². The van der Waals surface area contributed by atoms with E-state index in [4.69, 9.17) is 0 Å². The highest BCUT2D eigenvalue weighted by molar-refractivity contribution is 5.15. The Balaban J connectivity index is 4.27. The molecule has 0 aliphatic carbocycles. The Morgan fingerprint density at radius 1 is 1.56 bits per heavy atom. The topological polar surface area (TPSA) is 3.24 Å². The molecule has 0 aliphatic heterocycles. The van der Waals surface area contributed by atoms with E-state index in [1.165, 1.54) is 11.0 Å². The Morgan fingerprint density at radius 3 is 2.11 bits per heavy atom. The van der Waals surface area contributed by atoms with E-state index in [0.717, 1.165) is 0 Å². The number of allylic oxidation sites excluding steroid dienone is 2. The maximum atomic E-state index is 12.7. The molecular formula is C7H12FN. The first-order valence-corrected chi connectivity index (χ1v) is 2.75. The van der Waals surface area contributed by atoms with Crippen molar-refractivity contribution in [1.82, 2.24) is 4.90 Å². The van der Waals surface area contributed by atoms with Crippen molar-refractivity contribution < 1.29 is 4.39 Å². The first kappa shape index (κ1) is 8.21. The minimum absolute atomic E-state index is 0.231. The summed E-state index contributed by atoms with van der Waals surface area (Å²) in [6, 6.07) is 0. The van der Waals surface area contributed by atoms with Gasteiger partial charge >= 0.3 is 0 Å². The van der Waals surface area contributed by atoms with Gasteiger partial charge in [-0.15, -0.1) is 0 Å². The largest absolute Gasteiger partial charge is 0.354 e. The molecule has 0 radical (unpaired) electrons. The van der Waals surface area contributed by atoms with Crippen LogP contribution in [0, 0.1) is 0 Å². The van der Waals surface area contributed by atoms with Crippen molar-refractivity contribution in [3.63, 3.8) is 0 Å². The van der Waals surface area contributed by atoms with E-state index in [-0.39, 0.29) is 5.95 Å². The molecule has 0 saturated carbocycles. The quantitative estimate of drug-likeness (QED) is 0.407. The molecule has 0 saturated heterocycles. The Bertz CT molecular complexity index is 136. The van der Waals surface area contributed by atoms with Gasteiger partial charge in [0.1, 0.15) is 0 Å². The SMILES string of the molecule is C=C/C(C)=C(/F)N(C)C. The fourth-order valence-electron chi connectivity index (χ4n) is 0.437. The van der Waals surface area contributed by atoms with Crippen LogP contribution in [0.1, 0.15) is 6.92 Å². The van der Waals surface area contributed by atoms with Gasteiger partial charge in [0, 0.05) is 19.7 Å². The lowest BCUT2D eigenvalue weighted by Gasteiger charge is -2.09. The van der Waals surface area contributed by atoms with Crippen molar-refractivity contribution in [1.29, 1.82) is 0 Å². The molecule has 0 heterocycles. The Labute approximate surface area is 55.5 Å². The van der Waals surface area contributed by atoms with Crippen LogP contribution in [0.5, 0.6) is 0 Å². The smallest absolute Gasteiger partial charge is 0.192 e. The number of rotatable bonds is 2. The molecule has 0 amide bonds. The summed E-state index contributed by atoms with van der Waals surface area (Å²) in [5.74, 6) is -0.231. The summed E-state index contributed by atoms with van der Waals surface area (Å²) in [6.45, 7) is 5.12. The van der Waals surface area contributed by atoms with Gasteiger partial charge in [0.15, 0.2) is 5.95 Å². The zero-order valence-corrected chi connectivity index (χ0v) is 6.11. The van der Waals surface area contributed by atoms with Gasteiger partial charge in [0.2, 0.25) is 0 Å². The Morgan fingerprint density at radius 2 is 2.00 bits per heavy atom. The fourth-order valence-corrected chi connectivity index (χ4v) is 0.437. The van der Waals surface area contributed by atoms with Crippen molar-refractivity contribution in [3.8, 4) is 0 Å². The first-order valence-electron chi connectivity index (χ1n) is 2.75. The van der Waals surface area contributed by atoms with Crippen molar-refractivity contribution >= 4 is 0 Å². The van der Waals surface area contributed by atoms with Gasteiger partial charge in [-0.05, 0) is 6.92 Å². The van der Waals surface area contributed by atoms with Crippen molar-refractivity contribution in [2.75, 3.05) is 14.1 Å². The molecule has 0 spiro atoms. The summed E-state index contributed by atoms with van der Waals surface area (Å²) in [4.78, 5) is 1.41. The van der Waals surface area contributed by atoms with Gasteiger partial charge in [-0.3, -0.25) is 0 Å². The number of hydrogen-bond donors (Lipinski definition) is 0. The van der Waals surface area contributed by atoms with Crippen molar-refractivity contribution in [3.05, 3.63) is 24.2 Å². The molecule has 52 valence electrons. The zero-order valence-electron chi connectivity index (χ0n) is 6.11. The van der Waals surface area contributed by atoms with Crippen molar-refractivity contribution in [2.45, 2.75) is 6.92 Å². The average Bonchev–Trinajstić information content (AvgIpc) is 1.84. The summed E-state index contributed by atoms with van der Waals surface area (Å²) >= 11 is 0. The van der Waals surface area contributed by atoms with Gasteiger partial charge in [0.25, 0.3) is 0 Å². The fraction of sp³-hybridized carbons (Fsp3) is 0.429. The molecule has 0 aromatic heterocycles. The van der Waals surface area contributed by atoms with Crippen LogP contribution in [0.2, 0.25) is 0 Å². The maximum Gasteiger partial charge on any atom is 0.192 e. The lowest BCUT2D eigenvalue weighted by Crippen LogP contribution is -2.08. The average molecular weight is 129 g/mol. The molecule has 9 heavy (non-hydrogen) atoms. The summed E-state index contributed by atoms with van der Waals surface area (Å²) in [7, 11) is 3.31. The number of halogens is 1. The highest BCUT2D eigenvalue weighted by Crippen LogP contribution is 2.07. The van der Waals surface area contributed by atoms with Crippen LogP contribution >= 0.6 is 0 Å². The predicted octanol–water partition coefficient (Wildman–Crippen LogP) is 1.93. The minimum atomic E-state index is -0.231. The molecule has 2 heteroatoms. The molecule has 0 unspecified atom stereocenters. The van der Waals surface area contributed by atoms with Gasteiger partial charge in [-0.2, -0.15) is 4.39 Å². The molecule has 0 aliphatic rings. The van der Waals surface area contributed by atoms with Crippen LogP contribution in [-0.2, 0) is 0 Å². The maximum absolute atomic E-state index is 12.7. The third-order valence-corrected chi connectivity index (χ3v) is 1.02. The lowest BCUT2D eigenvalue weighted by atomic mass is 10.3. The third-order valence-electron chi connectivity index (χ3n) is 1.02. The van der Waals surface area contributed by atoms with Crippen LogP contribution < -0.4 is 0 Å². The molecule has 0 fully saturated rings. The molecule has 0 bridgehead atoms. The van der Waals surface area contributed by atoms with Crippen LogP contribution in [0.4, 0.5) is 4.39 Å². The van der Waals surface area contributed by atoms with Crippen molar-refractivity contribution in [2.24, 2.45) is 0 Å². The van der Waals surface area contributed by atoms with Gasteiger partial charge in [0.05, 0.1) is 0 Å². The molecule has 0 rings (SSSR count). The monoisotopic (exact) mass is 129 g/mol. The van der Waals surface area contributed by atoms with E-state index in [1.807, 2.05) is 0 Å². The van der Waals surface area contributed by atoms with Crippen LogP contribution in [0.3, 0.4) is 0 Å². The van der Waals surface area contributed by atoms with E-state index in [9.17, 15) is 4.39 Å². The Hall–Kier alpha value is -0.790. The van der Waals surface area contributed by atoms with E-state index in [0.29, 0.717) is 5.57 Å². The van der Waals surface area contributed by atoms with E-state index in [2.05, 4.69) is 6.58 Å². The van der Waals surface area contributed by atoms with Crippen LogP contribution in [-0.4, -0.2) is 19.0 Å². The van der Waals surface area contributed by atoms with Crippen LogP contribution in [0.15, 0.2) is 24.2 Å². The summed E-state index contributed by atoms with van der Waals surface area (Å²) in [5, 5.41) is 0. The van der Waals surface area contributed by atoms with E-state index >= 15 is 0 Å². The Kier molecular flexibility index (Phi) is 2.99. The number of nitrogens with zero attached hydrogens (tertiary/aromatic N) is 1. The predicted molar refractivity (Wildman–Crippen MR) is 37.7 cm³/mol. The second-order valence-corrected chi connectivity index (χ2v) is 2.07. The van der Waals surface area contributed by atoms with Gasteiger partial charge in [-0.1, -0.05) is 12.7 Å². The summed E-state index contributed by atoms with van der Waals surface area (Å²) in [6.07, 6.45) is 1.50. The molecular weight excluding hydrogens is 117 g/mol. The standard InChI is InChI=1S/C7H12FN/c1-5-6(2)7(8)9(3)4/h5H,1H2,2-4H3/b7-6-. The lowest BCUT2D eigenvalue weighted by molar-refractivity contribution is 0.369. The van der Waals surface area contributed by atoms with E-state index < -0.39 is 0 Å². The first-order chi connectivity index (χ1) is 4.09. The normalized spacial score (nSPS) is 12.4. The second kappa shape index (κ2) is 3.28. The molecule has 1 nitrogen and oxygen atoms in total. The zero-order chi connectivity index (χ0) is 7.44. The van der Waals surface area contributed by atoms with Crippen LogP contribution in [0.25, 0.3) is 0 Å². The molecule has 0 N–H and O–H groups in total.